The lowest BCUT2D eigenvalue weighted by atomic mass is 9.97. The van der Waals surface area contributed by atoms with Gasteiger partial charge in [-0.25, -0.2) is 0 Å². The number of carbonyl (C=O) groups excluding carboxylic acids is 2. The molecule has 6 nitrogen and oxygen atoms in total. The van der Waals surface area contributed by atoms with E-state index in [4.69, 9.17) is 0 Å². The van der Waals surface area contributed by atoms with E-state index in [0.717, 1.165) is 41.7 Å². The number of aromatic amines is 1. The van der Waals surface area contributed by atoms with E-state index in [1.54, 1.807) is 4.90 Å². The molecule has 2 aliphatic heterocycles. The van der Waals surface area contributed by atoms with E-state index in [2.05, 4.69) is 21.3 Å². The SMILES string of the molecule is O=C(CN1C(=O)c2ccccc2[C@H]1c1c[nH]c2ccccc12)NCCN1CCCC1. The molecule has 0 spiro atoms. The number of hydrogen-bond donors (Lipinski definition) is 2. The van der Waals surface area contributed by atoms with Crippen LogP contribution in [0.5, 0.6) is 0 Å². The summed E-state index contributed by atoms with van der Waals surface area (Å²) < 4.78 is 0. The molecule has 1 fully saturated rings. The van der Waals surface area contributed by atoms with Gasteiger partial charge in [-0.2, -0.15) is 0 Å². The minimum Gasteiger partial charge on any atom is -0.361 e. The van der Waals surface area contributed by atoms with Crippen molar-refractivity contribution in [2.75, 3.05) is 32.7 Å². The monoisotopic (exact) mass is 402 g/mol. The van der Waals surface area contributed by atoms with Crippen molar-refractivity contribution < 1.29 is 9.59 Å². The van der Waals surface area contributed by atoms with Crippen LogP contribution >= 0.6 is 0 Å². The number of fused-ring (bicyclic) bond motifs is 2. The van der Waals surface area contributed by atoms with Crippen LogP contribution in [-0.4, -0.2) is 59.3 Å². The number of likely N-dealkylation sites (tertiary alicyclic amines) is 1. The average molecular weight is 402 g/mol. The van der Waals surface area contributed by atoms with Gasteiger partial charge in [-0.1, -0.05) is 36.4 Å². The molecule has 0 bridgehead atoms. The largest absolute Gasteiger partial charge is 0.361 e. The van der Waals surface area contributed by atoms with Crippen molar-refractivity contribution >= 4 is 22.7 Å². The molecule has 2 amide bonds. The Morgan fingerprint density at radius 2 is 1.80 bits per heavy atom. The Kier molecular flexibility index (Phi) is 5.01. The first-order chi connectivity index (χ1) is 14.7. The number of amides is 2. The highest BCUT2D eigenvalue weighted by molar-refractivity contribution is 6.02. The van der Waals surface area contributed by atoms with Gasteiger partial charge in [0, 0.05) is 41.3 Å². The fourth-order valence-corrected chi connectivity index (χ4v) is 4.76. The summed E-state index contributed by atoms with van der Waals surface area (Å²) in [6, 6.07) is 15.5. The molecule has 1 atom stereocenters. The molecule has 1 saturated heterocycles. The van der Waals surface area contributed by atoms with Crippen LogP contribution < -0.4 is 5.32 Å². The Morgan fingerprint density at radius 1 is 1.03 bits per heavy atom. The summed E-state index contributed by atoms with van der Waals surface area (Å²) in [6.07, 6.45) is 4.44. The number of rotatable bonds is 6. The van der Waals surface area contributed by atoms with Gasteiger partial charge in [0.05, 0.1) is 6.04 Å². The highest BCUT2D eigenvalue weighted by atomic mass is 16.2. The zero-order valence-corrected chi connectivity index (χ0v) is 16.9. The van der Waals surface area contributed by atoms with Crippen molar-refractivity contribution in [3.8, 4) is 0 Å². The van der Waals surface area contributed by atoms with E-state index >= 15 is 0 Å². The molecule has 30 heavy (non-hydrogen) atoms. The van der Waals surface area contributed by atoms with Crippen molar-refractivity contribution in [2.24, 2.45) is 0 Å². The first-order valence-corrected chi connectivity index (χ1v) is 10.7. The number of carbonyl (C=O) groups is 2. The Labute approximate surface area is 175 Å². The fraction of sp³-hybridized carbons (Fsp3) is 0.333. The van der Waals surface area contributed by atoms with Crippen LogP contribution in [0.4, 0.5) is 0 Å². The van der Waals surface area contributed by atoms with Crippen LogP contribution in [-0.2, 0) is 4.79 Å². The predicted octanol–water partition coefficient (Wildman–Crippen LogP) is 2.93. The van der Waals surface area contributed by atoms with E-state index < -0.39 is 0 Å². The van der Waals surface area contributed by atoms with Gasteiger partial charge in [0.25, 0.3) is 5.91 Å². The molecule has 0 aliphatic carbocycles. The Bertz CT molecular complexity index is 1080. The van der Waals surface area contributed by atoms with Crippen LogP contribution in [0.25, 0.3) is 10.9 Å². The molecule has 2 N–H and O–H groups in total. The van der Waals surface area contributed by atoms with Gasteiger partial charge in [0.2, 0.25) is 5.91 Å². The summed E-state index contributed by atoms with van der Waals surface area (Å²) in [5, 5.41) is 4.08. The number of nitrogens with one attached hydrogen (secondary N) is 2. The Balaban J connectivity index is 1.38. The highest BCUT2D eigenvalue weighted by Gasteiger charge is 2.39. The number of H-pyrrole nitrogens is 1. The van der Waals surface area contributed by atoms with Crippen LogP contribution in [0.2, 0.25) is 0 Å². The molecule has 0 unspecified atom stereocenters. The molecule has 0 saturated carbocycles. The van der Waals surface area contributed by atoms with Crippen molar-refractivity contribution in [2.45, 2.75) is 18.9 Å². The van der Waals surface area contributed by atoms with Gasteiger partial charge in [-0.3, -0.25) is 9.59 Å². The zero-order chi connectivity index (χ0) is 20.5. The van der Waals surface area contributed by atoms with E-state index in [1.807, 2.05) is 48.7 Å². The molecule has 0 radical (unpaired) electrons. The second-order valence-electron chi connectivity index (χ2n) is 8.11. The zero-order valence-electron chi connectivity index (χ0n) is 16.9. The summed E-state index contributed by atoms with van der Waals surface area (Å²) in [6.45, 7) is 3.76. The van der Waals surface area contributed by atoms with E-state index in [1.165, 1.54) is 12.8 Å². The van der Waals surface area contributed by atoms with E-state index in [0.29, 0.717) is 12.1 Å². The van der Waals surface area contributed by atoms with Crippen LogP contribution in [0.15, 0.2) is 54.7 Å². The molecular formula is C24H26N4O2. The second kappa shape index (κ2) is 7.95. The quantitative estimate of drug-likeness (QED) is 0.666. The maximum absolute atomic E-state index is 13.2. The lowest BCUT2D eigenvalue weighted by Gasteiger charge is -2.25. The first-order valence-electron chi connectivity index (χ1n) is 10.7. The minimum atomic E-state index is -0.269. The van der Waals surface area contributed by atoms with Crippen LogP contribution in [0.3, 0.4) is 0 Å². The third-order valence-electron chi connectivity index (χ3n) is 6.24. The van der Waals surface area contributed by atoms with Crippen molar-refractivity contribution in [1.29, 1.82) is 0 Å². The molecule has 6 heteroatoms. The number of nitrogens with zero attached hydrogens (tertiary/aromatic N) is 2. The molecule has 2 aromatic carbocycles. The fourth-order valence-electron chi connectivity index (χ4n) is 4.76. The number of aromatic nitrogens is 1. The average Bonchev–Trinajstić information content (AvgIpc) is 3.48. The van der Waals surface area contributed by atoms with Gasteiger partial charge >= 0.3 is 0 Å². The molecule has 154 valence electrons. The van der Waals surface area contributed by atoms with Crippen molar-refractivity contribution in [3.63, 3.8) is 0 Å². The topological polar surface area (TPSA) is 68.4 Å². The maximum Gasteiger partial charge on any atom is 0.255 e. The van der Waals surface area contributed by atoms with E-state index in [-0.39, 0.29) is 24.4 Å². The summed E-state index contributed by atoms with van der Waals surface area (Å²) >= 11 is 0. The van der Waals surface area contributed by atoms with Crippen molar-refractivity contribution in [1.82, 2.24) is 20.1 Å². The Morgan fingerprint density at radius 3 is 2.67 bits per heavy atom. The summed E-state index contributed by atoms with van der Waals surface area (Å²) in [5.74, 6) is -0.198. The molecule has 1 aromatic heterocycles. The highest BCUT2D eigenvalue weighted by Crippen LogP contribution is 2.40. The van der Waals surface area contributed by atoms with Gasteiger partial charge in [0.15, 0.2) is 0 Å². The maximum atomic E-state index is 13.2. The van der Waals surface area contributed by atoms with Crippen molar-refractivity contribution in [3.05, 3.63) is 71.4 Å². The number of para-hydroxylation sites is 1. The lowest BCUT2D eigenvalue weighted by molar-refractivity contribution is -0.122. The van der Waals surface area contributed by atoms with Gasteiger partial charge in [0.1, 0.15) is 6.54 Å². The third-order valence-corrected chi connectivity index (χ3v) is 6.24. The summed E-state index contributed by atoms with van der Waals surface area (Å²) in [7, 11) is 0. The van der Waals surface area contributed by atoms with Crippen LogP contribution in [0, 0.1) is 0 Å². The van der Waals surface area contributed by atoms with Gasteiger partial charge < -0.3 is 20.1 Å². The molecule has 5 rings (SSSR count). The van der Waals surface area contributed by atoms with Gasteiger partial charge in [-0.15, -0.1) is 0 Å². The molecular weight excluding hydrogens is 376 g/mol. The smallest absolute Gasteiger partial charge is 0.255 e. The summed E-state index contributed by atoms with van der Waals surface area (Å²) in [4.78, 5) is 33.3. The summed E-state index contributed by atoms with van der Waals surface area (Å²) in [5.41, 5.74) is 3.68. The lowest BCUT2D eigenvalue weighted by Crippen LogP contribution is -2.41. The predicted molar refractivity (Wildman–Crippen MR) is 116 cm³/mol. The first kappa shape index (κ1) is 18.9. The standard InChI is InChI=1S/C24H26N4O2/c29-22(25-11-14-27-12-5-6-13-27)16-28-23(18-8-1-2-9-19(18)24(28)30)20-15-26-21-10-4-3-7-17(20)21/h1-4,7-10,15,23,26H,5-6,11-14,16H2,(H,25,29)/t23-/m0/s1. The Hall–Kier alpha value is -3.12. The molecule has 2 aliphatic rings. The molecule has 3 aromatic rings. The van der Waals surface area contributed by atoms with Crippen LogP contribution in [0.1, 0.15) is 40.4 Å². The number of hydrogen-bond acceptors (Lipinski definition) is 3. The van der Waals surface area contributed by atoms with Gasteiger partial charge in [-0.05, 0) is 43.6 Å². The second-order valence-corrected chi connectivity index (χ2v) is 8.11. The normalized spacial score (nSPS) is 18.9. The molecule has 3 heterocycles. The van der Waals surface area contributed by atoms with E-state index in [9.17, 15) is 9.59 Å². The minimum absolute atomic E-state index is 0.0533. The third kappa shape index (κ3) is 3.37. The number of benzene rings is 2.